The number of fused-ring (bicyclic) bond motifs is 2. The highest BCUT2D eigenvalue weighted by Crippen LogP contribution is 2.25. The zero-order valence-corrected chi connectivity index (χ0v) is 18.4. The van der Waals surface area contributed by atoms with Crippen LogP contribution in [0.4, 0.5) is 0 Å². The minimum Gasteiger partial charge on any atom is -0.496 e. The molecule has 6 heteroatoms. The van der Waals surface area contributed by atoms with Gasteiger partial charge in [-0.2, -0.15) is 0 Å². The second kappa shape index (κ2) is 5.72. The first kappa shape index (κ1) is 18.7. The summed E-state index contributed by atoms with van der Waals surface area (Å²) in [5.74, 6) is 0.385. The molecule has 0 heterocycles. The summed E-state index contributed by atoms with van der Waals surface area (Å²) in [6.07, 6.45) is 0. The molecule has 3 rings (SSSR count). The fraction of sp³-hybridized carbons (Fsp3) is 0.350. The van der Waals surface area contributed by atoms with Crippen molar-refractivity contribution < 1.29 is 4.74 Å². The smallest absolute Gasteiger partial charge is 0.198 e. The van der Waals surface area contributed by atoms with Crippen molar-refractivity contribution in [3.8, 4) is 16.9 Å². The Kier molecular flexibility index (Phi) is 4.12. The van der Waals surface area contributed by atoms with E-state index in [2.05, 4.69) is 19.6 Å². The molecular formula is C20H24O4Si2. The molecule has 0 atom stereocenters. The minimum atomic E-state index is -2.14. The van der Waals surface area contributed by atoms with Gasteiger partial charge in [-0.3, -0.25) is 14.4 Å². The third-order valence-corrected chi connectivity index (χ3v) is 8.83. The summed E-state index contributed by atoms with van der Waals surface area (Å²) in [5, 5.41) is 1.84. The fourth-order valence-corrected chi connectivity index (χ4v) is 7.59. The van der Waals surface area contributed by atoms with Crippen LogP contribution >= 0.6 is 0 Å². The van der Waals surface area contributed by atoms with Crippen molar-refractivity contribution in [3.05, 3.63) is 48.9 Å². The van der Waals surface area contributed by atoms with Crippen LogP contribution in [0.2, 0.25) is 39.3 Å². The van der Waals surface area contributed by atoms with E-state index >= 15 is 0 Å². The van der Waals surface area contributed by atoms with Crippen molar-refractivity contribution in [2.24, 2.45) is 0 Å². The van der Waals surface area contributed by atoms with Gasteiger partial charge in [0.15, 0.2) is 16.3 Å². The van der Waals surface area contributed by atoms with Gasteiger partial charge in [0.1, 0.15) is 5.75 Å². The lowest BCUT2D eigenvalue weighted by atomic mass is 10.00. The number of rotatable bonds is 3. The van der Waals surface area contributed by atoms with Gasteiger partial charge < -0.3 is 4.74 Å². The molecule has 26 heavy (non-hydrogen) atoms. The molecule has 0 amide bonds. The van der Waals surface area contributed by atoms with Crippen molar-refractivity contribution in [2.75, 3.05) is 7.11 Å². The van der Waals surface area contributed by atoms with Crippen LogP contribution in [-0.2, 0) is 0 Å². The normalized spacial score (nSPS) is 12.9. The Labute approximate surface area is 154 Å². The molecule has 0 N–H and O–H groups in total. The van der Waals surface area contributed by atoms with Gasteiger partial charge in [0, 0.05) is 16.5 Å². The van der Waals surface area contributed by atoms with Crippen LogP contribution in [-0.4, -0.2) is 23.3 Å². The summed E-state index contributed by atoms with van der Waals surface area (Å²) >= 11 is 0. The van der Waals surface area contributed by atoms with Crippen LogP contribution in [0.25, 0.3) is 21.9 Å². The second-order valence-electron chi connectivity index (χ2n) is 8.87. The monoisotopic (exact) mass is 384 g/mol. The average molecular weight is 385 g/mol. The Hall–Kier alpha value is -2.06. The average Bonchev–Trinajstić information content (AvgIpc) is 2.85. The summed E-state index contributed by atoms with van der Waals surface area (Å²) in [4.78, 5) is 40.2. The van der Waals surface area contributed by atoms with E-state index in [-0.39, 0.29) is 16.3 Å². The maximum atomic E-state index is 13.5. The lowest BCUT2D eigenvalue weighted by Gasteiger charge is -2.17. The van der Waals surface area contributed by atoms with Crippen molar-refractivity contribution in [3.63, 3.8) is 0 Å². The summed E-state index contributed by atoms with van der Waals surface area (Å²) in [7, 11) is -2.78. The molecule has 136 valence electrons. The van der Waals surface area contributed by atoms with Gasteiger partial charge in [-0.05, 0) is 16.4 Å². The molecule has 0 aliphatic heterocycles. The maximum Gasteiger partial charge on any atom is 0.198 e. The van der Waals surface area contributed by atoms with Crippen molar-refractivity contribution >= 4 is 37.3 Å². The van der Waals surface area contributed by atoms with Gasteiger partial charge in [0.05, 0.1) is 28.6 Å². The predicted octanol–water partition coefficient (Wildman–Crippen LogP) is 2.00. The molecular weight excluding hydrogens is 360 g/mol. The third kappa shape index (κ3) is 2.51. The predicted molar refractivity (Wildman–Crippen MR) is 114 cm³/mol. The van der Waals surface area contributed by atoms with E-state index in [1.54, 1.807) is 18.2 Å². The summed E-state index contributed by atoms with van der Waals surface area (Å²) in [5.41, 5.74) is 0.200. The lowest BCUT2D eigenvalue weighted by Crippen LogP contribution is -2.54. The van der Waals surface area contributed by atoms with Gasteiger partial charge in [-0.15, -0.1) is 0 Å². The molecule has 0 unspecified atom stereocenters. The Bertz CT molecular complexity index is 1140. The summed E-state index contributed by atoms with van der Waals surface area (Å²) < 4.78 is 5.35. The molecule has 0 saturated carbocycles. The molecule has 0 fully saturated rings. The first-order valence-electron chi connectivity index (χ1n) is 8.72. The van der Waals surface area contributed by atoms with E-state index in [0.29, 0.717) is 38.0 Å². The van der Waals surface area contributed by atoms with E-state index in [1.807, 2.05) is 19.6 Å². The molecule has 0 spiro atoms. The molecule has 0 bridgehead atoms. The standard InChI is InChI=1S/C20H24O4Si2/c1-24-12-10-8-9-11-13(12)17(22)15-14(16(11)21)19(25(2,3)4)18(23)20(15)26(5,6)7/h8-10H,1-7H3. The molecule has 2 aliphatic rings. The zero-order valence-electron chi connectivity index (χ0n) is 16.4. The zero-order chi connectivity index (χ0) is 19.6. The van der Waals surface area contributed by atoms with Gasteiger partial charge in [0.25, 0.3) is 0 Å². The molecule has 2 aliphatic carbocycles. The first-order valence-corrected chi connectivity index (χ1v) is 15.7. The Morgan fingerprint density at radius 1 is 0.731 bits per heavy atom. The van der Waals surface area contributed by atoms with Gasteiger partial charge >= 0.3 is 0 Å². The first-order chi connectivity index (χ1) is 11.9. The Balaban J connectivity index is 2.77. The van der Waals surface area contributed by atoms with Crippen LogP contribution in [0.3, 0.4) is 0 Å². The molecule has 1 aromatic rings. The molecule has 0 radical (unpaired) electrons. The van der Waals surface area contributed by atoms with E-state index in [1.165, 1.54) is 7.11 Å². The third-order valence-electron chi connectivity index (χ3n) is 4.88. The number of ether oxygens (including phenoxy) is 1. The van der Waals surface area contributed by atoms with Gasteiger partial charge in [-0.25, -0.2) is 0 Å². The molecule has 0 aromatic heterocycles. The molecule has 4 nitrogen and oxygen atoms in total. The Morgan fingerprint density at radius 2 is 1.23 bits per heavy atom. The van der Waals surface area contributed by atoms with E-state index in [9.17, 15) is 14.4 Å². The summed E-state index contributed by atoms with van der Waals surface area (Å²) in [6, 6.07) is 5.05. The topological polar surface area (TPSA) is 60.4 Å². The molecule has 0 saturated heterocycles. The number of benzene rings is 2. The minimum absolute atomic E-state index is 0.0678. The van der Waals surface area contributed by atoms with Gasteiger partial charge in [-0.1, -0.05) is 51.4 Å². The van der Waals surface area contributed by atoms with Crippen molar-refractivity contribution in [1.29, 1.82) is 0 Å². The number of methoxy groups -OCH3 is 1. The van der Waals surface area contributed by atoms with E-state index < -0.39 is 16.1 Å². The number of hydrogen-bond acceptors (Lipinski definition) is 4. The molecule has 1 aromatic carbocycles. The maximum absolute atomic E-state index is 13.5. The highest BCUT2D eigenvalue weighted by molar-refractivity contribution is 6.93. The van der Waals surface area contributed by atoms with Crippen molar-refractivity contribution in [2.45, 2.75) is 39.3 Å². The highest BCUT2D eigenvalue weighted by atomic mass is 28.3. The van der Waals surface area contributed by atoms with E-state index in [0.717, 1.165) is 0 Å². The number of hydrogen-bond donors (Lipinski definition) is 0. The van der Waals surface area contributed by atoms with Crippen molar-refractivity contribution in [1.82, 2.24) is 0 Å². The van der Waals surface area contributed by atoms with Crippen LogP contribution < -0.4 is 31.4 Å². The fourth-order valence-electron chi connectivity index (χ4n) is 3.87. The lowest BCUT2D eigenvalue weighted by molar-refractivity contribution is 0.419. The van der Waals surface area contributed by atoms with Crippen LogP contribution in [0, 0.1) is 0 Å². The van der Waals surface area contributed by atoms with E-state index in [4.69, 9.17) is 4.74 Å². The largest absolute Gasteiger partial charge is 0.496 e. The van der Waals surface area contributed by atoms with Crippen LogP contribution in [0.5, 0.6) is 5.75 Å². The van der Waals surface area contributed by atoms with Crippen LogP contribution in [0.1, 0.15) is 0 Å². The van der Waals surface area contributed by atoms with Crippen LogP contribution in [0.15, 0.2) is 32.6 Å². The Morgan fingerprint density at radius 3 is 1.69 bits per heavy atom. The summed E-state index contributed by atoms with van der Waals surface area (Å²) in [6.45, 7) is 12.3. The second-order valence-corrected chi connectivity index (χ2v) is 18.9. The quantitative estimate of drug-likeness (QED) is 0.648. The van der Waals surface area contributed by atoms with Gasteiger partial charge in [0.2, 0.25) is 0 Å². The SMILES string of the molecule is COc1cccc2c(=O)c3c([Si](C)(C)C)c(=O)c([Si](C)(C)C)c-3c(=O)c12. The highest BCUT2D eigenvalue weighted by Gasteiger charge is 2.39.